The second kappa shape index (κ2) is 7.62. The predicted octanol–water partition coefficient (Wildman–Crippen LogP) is 0.500. The fourth-order valence-electron chi connectivity index (χ4n) is 1.35. The molecule has 19 heavy (non-hydrogen) atoms. The van der Waals surface area contributed by atoms with Gasteiger partial charge in [0.05, 0.1) is 17.2 Å². The Hall–Kier alpha value is -0.910. The molecule has 0 atom stereocenters. The van der Waals surface area contributed by atoms with E-state index in [1.165, 1.54) is 22.8 Å². The lowest BCUT2D eigenvalue weighted by Gasteiger charge is -2.15. The molecular formula is C12H17NO4S2. The maximum absolute atomic E-state index is 11.9. The molecular weight excluding hydrogens is 286 g/mol. The number of ether oxygens (including phenoxy) is 1. The Morgan fingerprint density at radius 1 is 1.53 bits per heavy atom. The first-order chi connectivity index (χ1) is 8.99. The summed E-state index contributed by atoms with van der Waals surface area (Å²) in [7, 11) is -0.275. The Morgan fingerprint density at radius 2 is 2.26 bits per heavy atom. The molecule has 0 aromatic carbocycles. The van der Waals surface area contributed by atoms with E-state index in [4.69, 9.17) is 9.84 Å². The van der Waals surface area contributed by atoms with Crippen molar-refractivity contribution < 1.29 is 18.3 Å². The molecule has 0 unspecified atom stereocenters. The van der Waals surface area contributed by atoms with Crippen molar-refractivity contribution in [3.8, 4) is 11.8 Å². The first-order valence-electron chi connectivity index (χ1n) is 5.59. The first-order valence-corrected chi connectivity index (χ1v) is 8.08. The fraction of sp³-hybridized carbons (Fsp3) is 0.500. The van der Waals surface area contributed by atoms with Crippen LogP contribution in [0.5, 0.6) is 0 Å². The van der Waals surface area contributed by atoms with Crippen LogP contribution in [0.4, 0.5) is 0 Å². The topological polar surface area (TPSA) is 66.8 Å². The Morgan fingerprint density at radius 3 is 2.89 bits per heavy atom. The second-order valence-electron chi connectivity index (χ2n) is 3.84. The van der Waals surface area contributed by atoms with Gasteiger partial charge in [-0.25, -0.2) is 12.7 Å². The highest BCUT2D eigenvalue weighted by Gasteiger charge is 2.17. The summed E-state index contributed by atoms with van der Waals surface area (Å²) in [6, 6.07) is 1.83. The van der Waals surface area contributed by atoms with Crippen LogP contribution >= 0.6 is 11.3 Å². The van der Waals surface area contributed by atoms with Crippen LogP contribution in [0.25, 0.3) is 0 Å². The number of thiophene rings is 1. The minimum atomic E-state index is -3.29. The number of hydrogen-bond donors (Lipinski definition) is 1. The monoisotopic (exact) mass is 303 g/mol. The molecule has 0 aliphatic heterocycles. The van der Waals surface area contributed by atoms with Crippen LogP contribution in [0.3, 0.4) is 0 Å². The van der Waals surface area contributed by atoms with E-state index in [0.29, 0.717) is 6.54 Å². The lowest BCUT2D eigenvalue weighted by Crippen LogP contribution is -2.30. The number of methoxy groups -OCH3 is 1. The van der Waals surface area contributed by atoms with Gasteiger partial charge < -0.3 is 9.84 Å². The molecule has 0 radical (unpaired) electrons. The van der Waals surface area contributed by atoms with E-state index in [-0.39, 0.29) is 19.0 Å². The average Bonchev–Trinajstić information content (AvgIpc) is 2.81. The van der Waals surface area contributed by atoms with Crippen molar-refractivity contribution >= 4 is 21.4 Å². The van der Waals surface area contributed by atoms with Crippen molar-refractivity contribution in [2.45, 2.75) is 6.54 Å². The summed E-state index contributed by atoms with van der Waals surface area (Å²) in [6.07, 6.45) is 0. The van der Waals surface area contributed by atoms with Gasteiger partial charge in [-0.2, -0.15) is 0 Å². The normalized spacial score (nSPS) is 11.4. The lowest BCUT2D eigenvalue weighted by molar-refractivity contribution is 0.215. The predicted molar refractivity (Wildman–Crippen MR) is 75.4 cm³/mol. The van der Waals surface area contributed by atoms with Gasteiger partial charge in [0.15, 0.2) is 0 Å². The van der Waals surface area contributed by atoms with Gasteiger partial charge in [-0.05, 0) is 17.0 Å². The molecule has 0 aliphatic carbocycles. The summed E-state index contributed by atoms with van der Waals surface area (Å²) in [5, 5.41) is 10.5. The highest BCUT2D eigenvalue weighted by atomic mass is 32.2. The first kappa shape index (κ1) is 16.1. The molecule has 0 aliphatic rings. The molecule has 0 amide bonds. The van der Waals surface area contributed by atoms with Gasteiger partial charge in [0.1, 0.15) is 6.61 Å². The van der Waals surface area contributed by atoms with E-state index in [0.717, 1.165) is 10.4 Å². The van der Waals surface area contributed by atoms with Gasteiger partial charge in [0.25, 0.3) is 0 Å². The smallest absolute Gasteiger partial charge is 0.216 e. The van der Waals surface area contributed by atoms with E-state index in [2.05, 4.69) is 11.8 Å². The Bertz CT molecular complexity index is 554. The molecule has 0 spiro atoms. The number of sulfonamides is 1. The van der Waals surface area contributed by atoms with Crippen molar-refractivity contribution in [3.63, 3.8) is 0 Å². The molecule has 106 valence electrons. The summed E-state index contributed by atoms with van der Waals surface area (Å²) in [4.78, 5) is 0.812. The maximum Gasteiger partial charge on any atom is 0.216 e. The molecule has 1 aromatic rings. The largest absolute Gasteiger partial charge is 0.384 e. The molecule has 1 rings (SSSR count). The minimum Gasteiger partial charge on any atom is -0.384 e. The summed E-state index contributed by atoms with van der Waals surface area (Å²) >= 11 is 1.43. The van der Waals surface area contributed by atoms with Crippen LogP contribution in [0, 0.1) is 11.8 Å². The average molecular weight is 303 g/mol. The summed E-state index contributed by atoms with van der Waals surface area (Å²) in [5.74, 6) is 5.32. The van der Waals surface area contributed by atoms with Gasteiger partial charge in [-0.1, -0.05) is 11.8 Å². The molecule has 0 fully saturated rings. The fourth-order valence-corrected chi connectivity index (χ4v) is 3.16. The molecule has 0 saturated carbocycles. The highest BCUT2D eigenvalue weighted by Crippen LogP contribution is 2.16. The van der Waals surface area contributed by atoms with Crippen LogP contribution in [-0.4, -0.2) is 51.0 Å². The van der Waals surface area contributed by atoms with Crippen molar-refractivity contribution in [3.05, 3.63) is 21.9 Å². The second-order valence-corrected chi connectivity index (χ2v) is 6.95. The number of aliphatic hydroxyl groups is 1. The van der Waals surface area contributed by atoms with Crippen LogP contribution in [0.1, 0.15) is 10.4 Å². The molecule has 5 nitrogen and oxygen atoms in total. The zero-order chi connectivity index (χ0) is 14.3. The quantitative estimate of drug-likeness (QED) is 0.777. The van der Waals surface area contributed by atoms with Gasteiger partial charge in [-0.3, -0.25) is 0 Å². The van der Waals surface area contributed by atoms with Crippen LogP contribution in [-0.2, 0) is 21.3 Å². The van der Waals surface area contributed by atoms with Crippen LogP contribution in [0.2, 0.25) is 0 Å². The van der Waals surface area contributed by atoms with Crippen molar-refractivity contribution in [1.82, 2.24) is 4.31 Å². The van der Waals surface area contributed by atoms with Crippen LogP contribution < -0.4 is 0 Å². The summed E-state index contributed by atoms with van der Waals surface area (Å²) in [6.45, 7) is 0.311. The molecule has 7 heteroatoms. The zero-order valence-corrected chi connectivity index (χ0v) is 12.6. The Kier molecular flexibility index (Phi) is 6.48. The third-order valence-corrected chi connectivity index (χ3v) is 5.03. The highest BCUT2D eigenvalue weighted by molar-refractivity contribution is 7.89. The van der Waals surface area contributed by atoms with E-state index in [1.54, 1.807) is 7.05 Å². The number of nitrogens with zero attached hydrogens (tertiary/aromatic N) is 1. The van der Waals surface area contributed by atoms with Gasteiger partial charge in [0.2, 0.25) is 10.0 Å². The minimum absolute atomic E-state index is 0.0265. The van der Waals surface area contributed by atoms with Crippen molar-refractivity contribution in [1.29, 1.82) is 0 Å². The van der Waals surface area contributed by atoms with Crippen LogP contribution in [0.15, 0.2) is 11.4 Å². The van der Waals surface area contributed by atoms with E-state index >= 15 is 0 Å². The molecule has 0 bridgehead atoms. The number of hydrogen-bond acceptors (Lipinski definition) is 5. The lowest BCUT2D eigenvalue weighted by atomic mass is 10.3. The third kappa shape index (κ3) is 5.30. The zero-order valence-electron chi connectivity index (χ0n) is 10.9. The number of aliphatic hydroxyl groups excluding tert-OH is 1. The Balaban J connectivity index is 2.66. The van der Waals surface area contributed by atoms with Crippen molar-refractivity contribution in [2.75, 3.05) is 33.1 Å². The van der Waals surface area contributed by atoms with E-state index in [1.807, 2.05) is 11.4 Å². The standard InChI is InChI=1S/C12H17NO4S2/c1-13(19(15,16)7-6-17-2)9-11-8-12(18-10-11)4-3-5-14/h8,10,14H,5-7,9H2,1-2H3. The molecule has 1 heterocycles. The summed E-state index contributed by atoms with van der Waals surface area (Å²) < 4.78 is 29.8. The maximum atomic E-state index is 11.9. The van der Waals surface area contributed by atoms with Crippen molar-refractivity contribution in [2.24, 2.45) is 0 Å². The Labute approximate surface area is 117 Å². The third-order valence-electron chi connectivity index (χ3n) is 2.37. The number of rotatable bonds is 6. The van der Waals surface area contributed by atoms with Gasteiger partial charge in [-0.15, -0.1) is 11.3 Å². The molecule has 1 aromatic heterocycles. The van der Waals surface area contributed by atoms with E-state index < -0.39 is 10.0 Å². The summed E-state index contributed by atoms with van der Waals surface area (Å²) in [5.41, 5.74) is 0.885. The van der Waals surface area contributed by atoms with Gasteiger partial charge >= 0.3 is 0 Å². The molecule has 0 saturated heterocycles. The SMILES string of the molecule is COCCS(=O)(=O)N(C)Cc1csc(C#CCO)c1. The van der Waals surface area contributed by atoms with E-state index in [9.17, 15) is 8.42 Å². The molecule has 1 N–H and O–H groups in total. The van der Waals surface area contributed by atoms with Gasteiger partial charge in [0, 0.05) is 20.7 Å².